The van der Waals surface area contributed by atoms with Crippen molar-refractivity contribution in [2.24, 2.45) is 5.92 Å². The number of nitrogens with zero attached hydrogens (tertiary/aromatic N) is 1. The van der Waals surface area contributed by atoms with Crippen molar-refractivity contribution >= 4 is 16.2 Å². The highest BCUT2D eigenvalue weighted by Gasteiger charge is 2.31. The summed E-state index contributed by atoms with van der Waals surface area (Å²) in [5, 5.41) is 9.02. The lowest BCUT2D eigenvalue weighted by Crippen LogP contribution is -2.47. The highest BCUT2D eigenvalue weighted by molar-refractivity contribution is 7.87. The van der Waals surface area contributed by atoms with Gasteiger partial charge in [-0.3, -0.25) is 4.79 Å². The van der Waals surface area contributed by atoms with Gasteiger partial charge in [-0.05, 0) is 30.9 Å². The van der Waals surface area contributed by atoms with Gasteiger partial charge in [0.2, 0.25) is 0 Å². The number of carboxylic acids is 1. The van der Waals surface area contributed by atoms with Crippen LogP contribution in [0.25, 0.3) is 0 Å². The van der Waals surface area contributed by atoms with E-state index in [-0.39, 0.29) is 13.1 Å². The van der Waals surface area contributed by atoms with Gasteiger partial charge in [0.1, 0.15) is 0 Å². The average molecular weight is 312 g/mol. The number of aryl methyl sites for hydroxylation is 1. The van der Waals surface area contributed by atoms with Gasteiger partial charge in [-0.25, -0.2) is 0 Å². The van der Waals surface area contributed by atoms with E-state index < -0.39 is 22.1 Å². The van der Waals surface area contributed by atoms with E-state index in [4.69, 9.17) is 5.11 Å². The van der Waals surface area contributed by atoms with Crippen LogP contribution in [-0.2, 0) is 21.5 Å². The van der Waals surface area contributed by atoms with Gasteiger partial charge in [0.25, 0.3) is 10.2 Å². The summed E-state index contributed by atoms with van der Waals surface area (Å²) in [7, 11) is -3.64. The Morgan fingerprint density at radius 2 is 2.14 bits per heavy atom. The molecule has 1 aliphatic rings. The third kappa shape index (κ3) is 4.03. The maximum Gasteiger partial charge on any atom is 0.307 e. The molecule has 0 saturated carbocycles. The second-order valence-corrected chi connectivity index (χ2v) is 7.04. The van der Waals surface area contributed by atoms with E-state index >= 15 is 0 Å². The number of rotatable bonds is 5. The van der Waals surface area contributed by atoms with Gasteiger partial charge in [-0.2, -0.15) is 17.4 Å². The molecule has 0 radical (unpaired) electrons. The summed E-state index contributed by atoms with van der Waals surface area (Å²) in [6.45, 7) is 2.54. The number of carbonyl (C=O) groups is 1. The summed E-state index contributed by atoms with van der Waals surface area (Å²) in [6.07, 6.45) is 1.10. The normalized spacial score (nSPS) is 20.3. The summed E-state index contributed by atoms with van der Waals surface area (Å²) >= 11 is 0. The molecule has 2 rings (SSSR count). The van der Waals surface area contributed by atoms with E-state index in [0.29, 0.717) is 19.4 Å². The zero-order chi connectivity index (χ0) is 15.5. The molecule has 1 fully saturated rings. The van der Waals surface area contributed by atoms with E-state index in [1.807, 2.05) is 31.2 Å². The van der Waals surface area contributed by atoms with Crippen molar-refractivity contribution in [1.82, 2.24) is 9.03 Å². The highest BCUT2D eigenvalue weighted by atomic mass is 32.2. The lowest BCUT2D eigenvalue weighted by atomic mass is 10.0. The van der Waals surface area contributed by atoms with Crippen LogP contribution in [0.1, 0.15) is 24.0 Å². The molecule has 0 spiro atoms. The first kappa shape index (κ1) is 15.9. The van der Waals surface area contributed by atoms with Crippen LogP contribution in [0.2, 0.25) is 0 Å². The Labute approximate surface area is 125 Å². The molecule has 1 unspecified atom stereocenters. The lowest BCUT2D eigenvalue weighted by Gasteiger charge is -2.29. The smallest absolute Gasteiger partial charge is 0.307 e. The monoisotopic (exact) mass is 312 g/mol. The van der Waals surface area contributed by atoms with Crippen molar-refractivity contribution in [1.29, 1.82) is 0 Å². The van der Waals surface area contributed by atoms with Crippen molar-refractivity contribution < 1.29 is 18.3 Å². The van der Waals surface area contributed by atoms with E-state index in [2.05, 4.69) is 4.72 Å². The second-order valence-electron chi connectivity index (χ2n) is 5.29. The topological polar surface area (TPSA) is 86.7 Å². The Bertz CT molecular complexity index is 615. The summed E-state index contributed by atoms with van der Waals surface area (Å²) in [4.78, 5) is 11.0. The van der Waals surface area contributed by atoms with Crippen molar-refractivity contribution in [2.45, 2.75) is 26.3 Å². The summed E-state index contributed by atoms with van der Waals surface area (Å²) in [5.41, 5.74) is 1.93. The number of piperidine rings is 1. The van der Waals surface area contributed by atoms with Crippen molar-refractivity contribution in [3.05, 3.63) is 35.4 Å². The van der Waals surface area contributed by atoms with Crippen molar-refractivity contribution in [3.8, 4) is 0 Å². The molecule has 1 atom stereocenters. The molecule has 0 bridgehead atoms. The Balaban J connectivity index is 2.01. The second kappa shape index (κ2) is 6.55. The minimum Gasteiger partial charge on any atom is -0.481 e. The molecule has 7 heteroatoms. The zero-order valence-corrected chi connectivity index (χ0v) is 12.8. The van der Waals surface area contributed by atoms with E-state index in [1.54, 1.807) is 0 Å². The number of hydrogen-bond donors (Lipinski definition) is 2. The van der Waals surface area contributed by atoms with Gasteiger partial charge in [-0.15, -0.1) is 0 Å². The maximum atomic E-state index is 12.3. The Morgan fingerprint density at radius 3 is 2.81 bits per heavy atom. The minimum atomic E-state index is -3.64. The molecule has 0 aliphatic carbocycles. The van der Waals surface area contributed by atoms with Gasteiger partial charge in [0, 0.05) is 19.6 Å². The lowest BCUT2D eigenvalue weighted by molar-refractivity contribution is -0.142. The number of nitrogens with one attached hydrogen (secondary N) is 1. The first-order chi connectivity index (χ1) is 9.90. The first-order valence-corrected chi connectivity index (χ1v) is 8.36. The molecule has 1 heterocycles. The Morgan fingerprint density at radius 1 is 1.43 bits per heavy atom. The Kier molecular flexibility index (Phi) is 4.97. The Hall–Kier alpha value is -1.44. The fourth-order valence-electron chi connectivity index (χ4n) is 2.43. The van der Waals surface area contributed by atoms with Crippen LogP contribution in [0, 0.1) is 12.8 Å². The number of hydrogen-bond acceptors (Lipinski definition) is 3. The molecule has 2 N–H and O–H groups in total. The molecule has 1 aromatic rings. The molecular formula is C14H20N2O4S. The van der Waals surface area contributed by atoms with Crippen LogP contribution in [0.3, 0.4) is 0 Å². The van der Waals surface area contributed by atoms with Gasteiger partial charge < -0.3 is 5.11 Å². The molecule has 1 aliphatic heterocycles. The van der Waals surface area contributed by atoms with E-state index in [9.17, 15) is 13.2 Å². The highest BCUT2D eigenvalue weighted by Crippen LogP contribution is 2.19. The van der Waals surface area contributed by atoms with Crippen LogP contribution in [-0.4, -0.2) is 36.9 Å². The molecule has 116 valence electrons. The predicted molar refractivity (Wildman–Crippen MR) is 78.9 cm³/mol. The van der Waals surface area contributed by atoms with Crippen LogP contribution >= 0.6 is 0 Å². The molecule has 1 aromatic carbocycles. The van der Waals surface area contributed by atoms with Crippen LogP contribution in [0.15, 0.2) is 24.3 Å². The van der Waals surface area contributed by atoms with Crippen LogP contribution < -0.4 is 4.72 Å². The molecule has 0 aromatic heterocycles. The zero-order valence-electron chi connectivity index (χ0n) is 11.9. The quantitative estimate of drug-likeness (QED) is 0.853. The number of carboxylic acid groups (broad SMARTS) is 1. The SMILES string of the molecule is Cc1ccccc1CNS(=O)(=O)N1CCCC(C(=O)O)C1. The van der Waals surface area contributed by atoms with Gasteiger partial charge in [-0.1, -0.05) is 24.3 Å². The van der Waals surface area contributed by atoms with E-state index in [1.165, 1.54) is 4.31 Å². The molecule has 6 nitrogen and oxygen atoms in total. The molecular weight excluding hydrogens is 292 g/mol. The minimum absolute atomic E-state index is 0.0401. The van der Waals surface area contributed by atoms with E-state index in [0.717, 1.165) is 11.1 Å². The molecule has 1 saturated heterocycles. The van der Waals surface area contributed by atoms with Crippen LogP contribution in [0.4, 0.5) is 0 Å². The van der Waals surface area contributed by atoms with Crippen molar-refractivity contribution in [2.75, 3.05) is 13.1 Å². The molecule has 0 amide bonds. The maximum absolute atomic E-state index is 12.3. The van der Waals surface area contributed by atoms with Gasteiger partial charge in [0.05, 0.1) is 5.92 Å². The predicted octanol–water partition coefficient (Wildman–Crippen LogP) is 1.13. The standard InChI is InChI=1S/C14H20N2O4S/c1-11-5-2-3-6-12(11)9-15-21(19,20)16-8-4-7-13(10-16)14(17)18/h2-3,5-6,13,15H,4,7-10H2,1H3,(H,17,18). The van der Waals surface area contributed by atoms with Gasteiger partial charge in [0.15, 0.2) is 0 Å². The summed E-state index contributed by atoms with van der Waals surface area (Å²) in [5.74, 6) is -1.55. The first-order valence-electron chi connectivity index (χ1n) is 6.92. The number of aliphatic carboxylic acids is 1. The fourth-order valence-corrected chi connectivity index (χ4v) is 3.70. The number of benzene rings is 1. The fraction of sp³-hybridized carbons (Fsp3) is 0.500. The third-order valence-corrected chi connectivity index (χ3v) is 5.30. The van der Waals surface area contributed by atoms with Crippen LogP contribution in [0.5, 0.6) is 0 Å². The molecule has 21 heavy (non-hydrogen) atoms. The van der Waals surface area contributed by atoms with Crippen molar-refractivity contribution in [3.63, 3.8) is 0 Å². The van der Waals surface area contributed by atoms with Gasteiger partial charge >= 0.3 is 5.97 Å². The third-order valence-electron chi connectivity index (χ3n) is 3.78. The summed E-state index contributed by atoms with van der Waals surface area (Å²) < 4.78 is 28.3. The largest absolute Gasteiger partial charge is 0.481 e. The average Bonchev–Trinajstić information content (AvgIpc) is 2.46. The summed E-state index contributed by atoms with van der Waals surface area (Å²) in [6, 6.07) is 7.55.